The van der Waals surface area contributed by atoms with Gasteiger partial charge in [-0.2, -0.15) is 0 Å². The molecule has 3 heteroatoms. The van der Waals surface area contributed by atoms with Crippen LogP contribution in [0.4, 0.5) is 0 Å². The van der Waals surface area contributed by atoms with Crippen molar-refractivity contribution in [2.75, 3.05) is 0 Å². The van der Waals surface area contributed by atoms with E-state index in [0.717, 1.165) is 29.8 Å². The predicted octanol–water partition coefficient (Wildman–Crippen LogP) is 4.47. The number of aryl methyl sites for hydroxylation is 1. The van der Waals surface area contributed by atoms with E-state index in [1.807, 2.05) is 42.5 Å². The first-order valence-corrected chi connectivity index (χ1v) is 8.17. The van der Waals surface area contributed by atoms with Crippen molar-refractivity contribution in [1.82, 2.24) is 5.32 Å². The monoisotopic (exact) mass is 313 g/mol. The third kappa shape index (κ3) is 3.33. The molecule has 0 aliphatic heterocycles. The first-order chi connectivity index (χ1) is 10.7. The number of rotatable bonds is 5. The van der Waals surface area contributed by atoms with E-state index >= 15 is 0 Å². The number of amides is 1. The van der Waals surface area contributed by atoms with Crippen LogP contribution in [0.5, 0.6) is 0 Å². The molecule has 114 valence electrons. The smallest absolute Gasteiger partial charge is 0.221 e. The van der Waals surface area contributed by atoms with Crippen LogP contribution in [0.3, 0.4) is 0 Å². The van der Waals surface area contributed by atoms with E-state index in [-0.39, 0.29) is 11.4 Å². The molecule has 0 saturated heterocycles. The molecular formula is C19H20ClNO. The van der Waals surface area contributed by atoms with Crippen LogP contribution in [-0.2, 0) is 16.8 Å². The number of carbonyl (C=O) groups excluding carboxylic acids is 1. The van der Waals surface area contributed by atoms with Crippen molar-refractivity contribution >= 4 is 17.5 Å². The van der Waals surface area contributed by atoms with Gasteiger partial charge in [0, 0.05) is 11.4 Å². The zero-order valence-electron chi connectivity index (χ0n) is 12.5. The van der Waals surface area contributed by atoms with E-state index in [2.05, 4.69) is 17.4 Å². The van der Waals surface area contributed by atoms with Crippen molar-refractivity contribution in [2.24, 2.45) is 0 Å². The van der Waals surface area contributed by atoms with Crippen LogP contribution in [-0.4, -0.2) is 5.91 Å². The summed E-state index contributed by atoms with van der Waals surface area (Å²) in [5, 5.41) is 3.98. The molecular weight excluding hydrogens is 294 g/mol. The van der Waals surface area contributed by atoms with Crippen molar-refractivity contribution < 1.29 is 4.79 Å². The maximum absolute atomic E-state index is 12.3. The quantitative estimate of drug-likeness (QED) is 0.867. The van der Waals surface area contributed by atoms with Gasteiger partial charge in [-0.25, -0.2) is 0 Å². The molecule has 22 heavy (non-hydrogen) atoms. The van der Waals surface area contributed by atoms with Gasteiger partial charge in [-0.1, -0.05) is 54.1 Å². The van der Waals surface area contributed by atoms with E-state index in [0.29, 0.717) is 6.42 Å². The average molecular weight is 314 g/mol. The van der Waals surface area contributed by atoms with Gasteiger partial charge < -0.3 is 5.32 Å². The van der Waals surface area contributed by atoms with Gasteiger partial charge >= 0.3 is 0 Å². The molecule has 2 nitrogen and oxygen atoms in total. The third-order valence-corrected chi connectivity index (χ3v) is 4.68. The summed E-state index contributed by atoms with van der Waals surface area (Å²) in [6.45, 7) is 0. The number of hydrogen-bond acceptors (Lipinski definition) is 1. The molecule has 1 saturated carbocycles. The first kappa shape index (κ1) is 15.1. The summed E-state index contributed by atoms with van der Waals surface area (Å²) in [6.07, 6.45) is 4.44. The Morgan fingerprint density at radius 3 is 2.50 bits per heavy atom. The van der Waals surface area contributed by atoms with Gasteiger partial charge in [0.05, 0.1) is 5.54 Å². The fourth-order valence-electron chi connectivity index (χ4n) is 3.05. The zero-order valence-corrected chi connectivity index (χ0v) is 13.3. The molecule has 1 aliphatic rings. The minimum atomic E-state index is -0.146. The summed E-state index contributed by atoms with van der Waals surface area (Å²) < 4.78 is 0. The van der Waals surface area contributed by atoms with Gasteiger partial charge in [0.2, 0.25) is 5.91 Å². The van der Waals surface area contributed by atoms with E-state index in [9.17, 15) is 4.79 Å². The van der Waals surface area contributed by atoms with Crippen molar-refractivity contribution in [3.05, 3.63) is 70.7 Å². The third-order valence-electron chi connectivity index (χ3n) is 4.44. The molecule has 0 atom stereocenters. The second-order valence-corrected chi connectivity index (χ2v) is 6.42. The van der Waals surface area contributed by atoms with Crippen molar-refractivity contribution in [2.45, 2.75) is 37.6 Å². The molecule has 0 spiro atoms. The van der Waals surface area contributed by atoms with Crippen LogP contribution >= 0.6 is 11.6 Å². The maximum atomic E-state index is 12.3. The SMILES string of the molecule is O=C(CCc1cccc(Cl)c1)NC1(c2ccccc2)CCC1. The number of nitrogens with one attached hydrogen (secondary N) is 1. The molecule has 3 rings (SSSR count). The van der Waals surface area contributed by atoms with Gasteiger partial charge in [-0.3, -0.25) is 4.79 Å². The Kier molecular flexibility index (Phi) is 4.49. The lowest BCUT2D eigenvalue weighted by Crippen LogP contribution is -2.50. The standard InChI is InChI=1S/C19H20ClNO/c20-17-9-4-6-15(14-17)10-11-18(22)21-19(12-5-13-19)16-7-2-1-3-8-16/h1-4,6-9,14H,5,10-13H2,(H,21,22). The Labute approximate surface area is 136 Å². The minimum Gasteiger partial charge on any atom is -0.347 e. The highest BCUT2D eigenvalue weighted by atomic mass is 35.5. The minimum absolute atomic E-state index is 0.114. The molecule has 1 fully saturated rings. The number of halogens is 1. The predicted molar refractivity (Wildman–Crippen MR) is 89.9 cm³/mol. The first-order valence-electron chi connectivity index (χ1n) is 7.79. The Balaban J connectivity index is 1.61. The van der Waals surface area contributed by atoms with Crippen LogP contribution in [0.15, 0.2) is 54.6 Å². The molecule has 0 unspecified atom stereocenters. The van der Waals surface area contributed by atoms with Crippen LogP contribution in [0.2, 0.25) is 5.02 Å². The Bertz CT molecular complexity index is 649. The summed E-state index contributed by atoms with van der Waals surface area (Å²) >= 11 is 5.98. The highest BCUT2D eigenvalue weighted by Crippen LogP contribution is 2.41. The number of carbonyl (C=O) groups is 1. The largest absolute Gasteiger partial charge is 0.347 e. The number of hydrogen-bond donors (Lipinski definition) is 1. The van der Waals surface area contributed by atoms with Crippen molar-refractivity contribution in [1.29, 1.82) is 0 Å². The van der Waals surface area contributed by atoms with Gasteiger partial charge in [0.15, 0.2) is 0 Å². The van der Waals surface area contributed by atoms with Crippen LogP contribution in [0.1, 0.15) is 36.8 Å². The lowest BCUT2D eigenvalue weighted by Gasteiger charge is -2.43. The van der Waals surface area contributed by atoms with E-state index in [1.165, 1.54) is 12.0 Å². The second kappa shape index (κ2) is 6.53. The molecule has 1 N–H and O–H groups in total. The van der Waals surface area contributed by atoms with Crippen LogP contribution in [0, 0.1) is 0 Å². The fourth-order valence-corrected chi connectivity index (χ4v) is 3.27. The maximum Gasteiger partial charge on any atom is 0.221 e. The highest BCUT2D eigenvalue weighted by Gasteiger charge is 2.39. The molecule has 0 bridgehead atoms. The summed E-state index contributed by atoms with van der Waals surface area (Å²) in [5.41, 5.74) is 2.18. The molecule has 0 aromatic heterocycles. The lowest BCUT2D eigenvalue weighted by atomic mass is 9.71. The second-order valence-electron chi connectivity index (χ2n) is 5.98. The van der Waals surface area contributed by atoms with E-state index in [4.69, 9.17) is 11.6 Å². The highest BCUT2D eigenvalue weighted by molar-refractivity contribution is 6.30. The topological polar surface area (TPSA) is 29.1 Å². The Morgan fingerprint density at radius 2 is 1.86 bits per heavy atom. The average Bonchev–Trinajstić information content (AvgIpc) is 2.50. The zero-order chi connectivity index (χ0) is 15.4. The van der Waals surface area contributed by atoms with Crippen molar-refractivity contribution in [3.8, 4) is 0 Å². The van der Waals surface area contributed by atoms with Crippen LogP contribution in [0.25, 0.3) is 0 Å². The summed E-state index contributed by atoms with van der Waals surface area (Å²) in [5.74, 6) is 0.114. The normalized spacial score (nSPS) is 15.9. The summed E-state index contributed by atoms with van der Waals surface area (Å²) in [4.78, 5) is 12.3. The molecule has 2 aromatic rings. The molecule has 0 heterocycles. The summed E-state index contributed by atoms with van der Waals surface area (Å²) in [6, 6.07) is 18.0. The molecule has 1 amide bonds. The van der Waals surface area contributed by atoms with E-state index < -0.39 is 0 Å². The fraction of sp³-hybridized carbons (Fsp3) is 0.316. The molecule has 0 radical (unpaired) electrons. The molecule has 2 aromatic carbocycles. The van der Waals surface area contributed by atoms with Gasteiger partial charge in [0.25, 0.3) is 0 Å². The number of benzene rings is 2. The van der Waals surface area contributed by atoms with E-state index in [1.54, 1.807) is 0 Å². The Hall–Kier alpha value is -1.80. The van der Waals surface area contributed by atoms with Crippen LogP contribution < -0.4 is 5.32 Å². The lowest BCUT2D eigenvalue weighted by molar-refractivity contribution is -0.124. The molecule has 1 aliphatic carbocycles. The van der Waals surface area contributed by atoms with Gasteiger partial charge in [0.1, 0.15) is 0 Å². The van der Waals surface area contributed by atoms with Gasteiger partial charge in [-0.05, 0) is 48.9 Å². The van der Waals surface area contributed by atoms with Gasteiger partial charge in [-0.15, -0.1) is 0 Å². The van der Waals surface area contributed by atoms with Crippen molar-refractivity contribution in [3.63, 3.8) is 0 Å². The Morgan fingerprint density at radius 1 is 1.09 bits per heavy atom. The summed E-state index contributed by atoms with van der Waals surface area (Å²) in [7, 11) is 0.